The summed E-state index contributed by atoms with van der Waals surface area (Å²) in [6, 6.07) is 19.6. The summed E-state index contributed by atoms with van der Waals surface area (Å²) >= 11 is 0. The first-order chi connectivity index (χ1) is 13.5. The number of carbonyl (C=O) groups is 1. The Labute approximate surface area is 163 Å². The van der Waals surface area contributed by atoms with Crippen molar-refractivity contribution >= 4 is 5.91 Å². The van der Waals surface area contributed by atoms with Gasteiger partial charge in [0.2, 0.25) is 5.91 Å². The van der Waals surface area contributed by atoms with Gasteiger partial charge in [0.05, 0.1) is 12.2 Å². The summed E-state index contributed by atoms with van der Waals surface area (Å²) in [5.74, 6) is 0.459. The molecule has 6 heteroatoms. The average Bonchev–Trinajstić information content (AvgIpc) is 2.72. The molecule has 0 aliphatic heterocycles. The highest BCUT2D eigenvalue weighted by Gasteiger charge is 2.17. The molecule has 144 valence electrons. The first-order valence-electron chi connectivity index (χ1n) is 9.17. The first kappa shape index (κ1) is 19.4. The minimum Gasteiger partial charge on any atom is -0.492 e. The molecule has 6 nitrogen and oxygen atoms in total. The molecule has 0 fully saturated rings. The molecule has 1 unspecified atom stereocenters. The van der Waals surface area contributed by atoms with Crippen molar-refractivity contribution in [2.75, 3.05) is 13.2 Å². The second kappa shape index (κ2) is 8.99. The molecule has 0 aliphatic carbocycles. The van der Waals surface area contributed by atoms with Crippen LogP contribution in [0.25, 0.3) is 11.3 Å². The van der Waals surface area contributed by atoms with E-state index >= 15 is 0 Å². The first-order valence-corrected chi connectivity index (χ1v) is 9.17. The van der Waals surface area contributed by atoms with Gasteiger partial charge in [-0.3, -0.25) is 9.59 Å². The Hall–Kier alpha value is -3.41. The maximum Gasteiger partial charge on any atom is 0.267 e. The lowest BCUT2D eigenvalue weighted by Crippen LogP contribution is -2.38. The summed E-state index contributed by atoms with van der Waals surface area (Å²) in [7, 11) is 0. The van der Waals surface area contributed by atoms with E-state index in [-0.39, 0.29) is 11.5 Å². The summed E-state index contributed by atoms with van der Waals surface area (Å²) in [4.78, 5) is 24.6. The van der Waals surface area contributed by atoms with Gasteiger partial charge in [0, 0.05) is 11.6 Å². The second-order valence-electron chi connectivity index (χ2n) is 6.50. The molecule has 0 bridgehead atoms. The number of hydrogen-bond acceptors (Lipinski definition) is 4. The van der Waals surface area contributed by atoms with E-state index in [4.69, 9.17) is 4.74 Å². The zero-order valence-electron chi connectivity index (χ0n) is 16.0. The fraction of sp³-hybridized carbons (Fsp3) is 0.227. The molecule has 1 atom stereocenters. The lowest BCUT2D eigenvalue weighted by molar-refractivity contribution is -0.124. The lowest BCUT2D eigenvalue weighted by atomic mass is 10.1. The molecule has 0 saturated carbocycles. The zero-order chi connectivity index (χ0) is 19.9. The number of rotatable bonds is 7. The Kier molecular flexibility index (Phi) is 6.22. The van der Waals surface area contributed by atoms with Gasteiger partial charge in [0.15, 0.2) is 0 Å². The summed E-state index contributed by atoms with van der Waals surface area (Å²) in [5.41, 5.74) is 2.36. The molecule has 0 spiro atoms. The summed E-state index contributed by atoms with van der Waals surface area (Å²) in [5, 5.41) is 7.16. The number of ether oxygens (including phenoxy) is 1. The minimum atomic E-state index is -0.727. The van der Waals surface area contributed by atoms with Gasteiger partial charge in [0.1, 0.15) is 18.4 Å². The van der Waals surface area contributed by atoms with Crippen molar-refractivity contribution in [3.05, 3.63) is 82.6 Å². The van der Waals surface area contributed by atoms with Crippen LogP contribution >= 0.6 is 0 Å². The van der Waals surface area contributed by atoms with Gasteiger partial charge in [-0.1, -0.05) is 48.0 Å². The van der Waals surface area contributed by atoms with Gasteiger partial charge in [-0.15, -0.1) is 0 Å². The maximum atomic E-state index is 12.4. The molecule has 0 aliphatic rings. The number of nitrogens with one attached hydrogen (secondary N) is 1. The molecule has 28 heavy (non-hydrogen) atoms. The van der Waals surface area contributed by atoms with Crippen LogP contribution in [0.1, 0.15) is 18.5 Å². The number of hydrogen-bond donors (Lipinski definition) is 1. The van der Waals surface area contributed by atoms with Crippen molar-refractivity contribution in [3.8, 4) is 17.0 Å². The van der Waals surface area contributed by atoms with Crippen molar-refractivity contribution in [2.45, 2.75) is 19.9 Å². The summed E-state index contributed by atoms with van der Waals surface area (Å²) in [6.07, 6.45) is 0. The molecule has 2 aromatic carbocycles. The summed E-state index contributed by atoms with van der Waals surface area (Å²) < 4.78 is 6.76. The van der Waals surface area contributed by atoms with Crippen LogP contribution < -0.4 is 15.6 Å². The Balaban J connectivity index is 1.63. The van der Waals surface area contributed by atoms with Gasteiger partial charge in [0.25, 0.3) is 5.56 Å². The van der Waals surface area contributed by atoms with Crippen molar-refractivity contribution in [3.63, 3.8) is 0 Å². The topological polar surface area (TPSA) is 73.2 Å². The molecule has 0 saturated heterocycles. The van der Waals surface area contributed by atoms with Crippen LogP contribution in [-0.4, -0.2) is 28.8 Å². The predicted octanol–water partition coefficient (Wildman–Crippen LogP) is 2.97. The van der Waals surface area contributed by atoms with Crippen LogP contribution in [0.4, 0.5) is 0 Å². The van der Waals surface area contributed by atoms with E-state index in [2.05, 4.69) is 10.4 Å². The van der Waals surface area contributed by atoms with Crippen molar-refractivity contribution in [1.29, 1.82) is 0 Å². The minimum absolute atomic E-state index is 0.285. The van der Waals surface area contributed by atoms with E-state index in [0.717, 1.165) is 16.9 Å². The predicted molar refractivity (Wildman–Crippen MR) is 108 cm³/mol. The molecular formula is C22H23N3O3. The largest absolute Gasteiger partial charge is 0.492 e. The summed E-state index contributed by atoms with van der Waals surface area (Å²) in [6.45, 7) is 4.34. The van der Waals surface area contributed by atoms with E-state index in [1.54, 1.807) is 13.0 Å². The van der Waals surface area contributed by atoms with Crippen LogP contribution in [0.15, 0.2) is 71.5 Å². The van der Waals surface area contributed by atoms with Gasteiger partial charge in [-0.2, -0.15) is 5.10 Å². The molecule has 0 radical (unpaired) electrons. The Morgan fingerprint density at radius 1 is 1.07 bits per heavy atom. The third-order valence-corrected chi connectivity index (χ3v) is 4.33. The molecular weight excluding hydrogens is 354 g/mol. The van der Waals surface area contributed by atoms with Crippen molar-refractivity contribution in [2.24, 2.45) is 0 Å². The van der Waals surface area contributed by atoms with Gasteiger partial charge >= 0.3 is 0 Å². The van der Waals surface area contributed by atoms with E-state index in [0.29, 0.717) is 18.8 Å². The van der Waals surface area contributed by atoms with E-state index < -0.39 is 6.04 Å². The quantitative estimate of drug-likeness (QED) is 0.643. The molecule has 1 amide bonds. The van der Waals surface area contributed by atoms with E-state index in [9.17, 15) is 9.59 Å². The number of aryl methyl sites for hydroxylation is 1. The Morgan fingerprint density at radius 3 is 2.50 bits per heavy atom. The smallest absolute Gasteiger partial charge is 0.267 e. The van der Waals surface area contributed by atoms with Crippen molar-refractivity contribution < 1.29 is 9.53 Å². The van der Waals surface area contributed by atoms with Crippen LogP contribution in [0.3, 0.4) is 0 Å². The van der Waals surface area contributed by atoms with Gasteiger partial charge in [-0.25, -0.2) is 4.68 Å². The third kappa shape index (κ3) is 4.85. The molecule has 1 heterocycles. The van der Waals surface area contributed by atoms with Crippen molar-refractivity contribution in [1.82, 2.24) is 15.1 Å². The highest BCUT2D eigenvalue weighted by atomic mass is 16.5. The van der Waals surface area contributed by atoms with Gasteiger partial charge in [-0.05, 0) is 32.0 Å². The standard InChI is InChI=1S/C22H23N3O3/c1-16-8-10-18(11-9-16)20-12-13-21(26)25(24-20)17(2)22(27)23-14-15-28-19-6-4-3-5-7-19/h3-13,17H,14-15H2,1-2H3,(H,23,27). The molecule has 3 aromatic rings. The normalized spacial score (nSPS) is 11.6. The number of para-hydroxylation sites is 1. The fourth-order valence-corrected chi connectivity index (χ4v) is 2.70. The van der Waals surface area contributed by atoms with Crippen LogP contribution in [-0.2, 0) is 4.79 Å². The third-order valence-electron chi connectivity index (χ3n) is 4.33. The molecule has 3 rings (SSSR count). The molecule has 1 N–H and O–H groups in total. The van der Waals surface area contributed by atoms with Crippen LogP contribution in [0.5, 0.6) is 5.75 Å². The number of carbonyl (C=O) groups excluding carboxylic acids is 1. The monoisotopic (exact) mass is 377 g/mol. The van der Waals surface area contributed by atoms with Gasteiger partial charge < -0.3 is 10.1 Å². The van der Waals surface area contributed by atoms with Crippen LogP contribution in [0, 0.1) is 6.92 Å². The Bertz CT molecular complexity index is 982. The highest BCUT2D eigenvalue weighted by Crippen LogP contribution is 2.16. The highest BCUT2D eigenvalue weighted by molar-refractivity contribution is 5.79. The Morgan fingerprint density at radius 2 is 1.79 bits per heavy atom. The number of benzene rings is 2. The SMILES string of the molecule is Cc1ccc(-c2ccc(=O)n(C(C)C(=O)NCCOc3ccccc3)n2)cc1. The number of aromatic nitrogens is 2. The maximum absolute atomic E-state index is 12.4. The van der Waals surface area contributed by atoms with E-state index in [1.807, 2.05) is 61.5 Å². The average molecular weight is 377 g/mol. The number of amides is 1. The lowest BCUT2D eigenvalue weighted by Gasteiger charge is -2.15. The van der Waals surface area contributed by atoms with Crippen LogP contribution in [0.2, 0.25) is 0 Å². The zero-order valence-corrected chi connectivity index (χ0v) is 16.0. The fourth-order valence-electron chi connectivity index (χ4n) is 2.70. The van der Waals surface area contributed by atoms with E-state index in [1.165, 1.54) is 10.7 Å². The molecule has 1 aromatic heterocycles. The second-order valence-corrected chi connectivity index (χ2v) is 6.50. The number of nitrogens with zero attached hydrogens (tertiary/aromatic N) is 2.